The van der Waals surface area contributed by atoms with Crippen LogP contribution in [0.2, 0.25) is 0 Å². The largest absolute Gasteiger partial charge is 0.392 e. The molecule has 190 valence electrons. The van der Waals surface area contributed by atoms with Crippen molar-refractivity contribution < 1.29 is 24.5 Å². The molecule has 4 rings (SSSR count). The summed E-state index contributed by atoms with van der Waals surface area (Å²) in [5.41, 5.74) is 3.10. The van der Waals surface area contributed by atoms with E-state index in [-0.39, 0.29) is 30.8 Å². The third kappa shape index (κ3) is 6.67. The SMILES string of the molecule is CC1C(CN2CCC(O)C2)OC(c2ccc(NC(=O)C(Cl)(Cl)Cl)cc2)OC1c1ccc(CO)cc1. The van der Waals surface area contributed by atoms with E-state index in [9.17, 15) is 15.0 Å². The van der Waals surface area contributed by atoms with Gasteiger partial charge in [-0.2, -0.15) is 0 Å². The molecular formula is C25H29Cl3N2O5. The van der Waals surface area contributed by atoms with E-state index >= 15 is 0 Å². The van der Waals surface area contributed by atoms with Crippen molar-refractivity contribution in [1.29, 1.82) is 0 Å². The van der Waals surface area contributed by atoms with E-state index in [4.69, 9.17) is 44.3 Å². The number of ether oxygens (including phenoxy) is 2. The maximum absolute atomic E-state index is 11.9. The van der Waals surface area contributed by atoms with Gasteiger partial charge >= 0.3 is 0 Å². The summed E-state index contributed by atoms with van der Waals surface area (Å²) in [6.45, 7) is 4.22. The van der Waals surface area contributed by atoms with Gasteiger partial charge in [-0.25, -0.2) is 0 Å². The van der Waals surface area contributed by atoms with Crippen LogP contribution in [0.4, 0.5) is 5.69 Å². The molecule has 10 heteroatoms. The van der Waals surface area contributed by atoms with Crippen LogP contribution in [0.5, 0.6) is 0 Å². The first-order valence-corrected chi connectivity index (χ1v) is 12.7. The minimum atomic E-state index is -2.06. The molecule has 2 heterocycles. The van der Waals surface area contributed by atoms with Gasteiger partial charge in [-0.1, -0.05) is 78.1 Å². The lowest BCUT2D eigenvalue weighted by Gasteiger charge is -2.42. The molecule has 2 aromatic rings. The number of halogens is 3. The number of amides is 1. The Morgan fingerprint density at radius 2 is 1.74 bits per heavy atom. The zero-order chi connectivity index (χ0) is 25.2. The molecule has 0 aromatic heterocycles. The fraction of sp³-hybridized carbons (Fsp3) is 0.480. The van der Waals surface area contributed by atoms with Gasteiger partial charge in [0, 0.05) is 36.8 Å². The Hall–Kier alpha value is -1.42. The zero-order valence-electron chi connectivity index (χ0n) is 19.2. The highest BCUT2D eigenvalue weighted by Gasteiger charge is 2.40. The minimum Gasteiger partial charge on any atom is -0.392 e. The molecule has 1 amide bonds. The average Bonchev–Trinajstić information content (AvgIpc) is 3.25. The summed E-state index contributed by atoms with van der Waals surface area (Å²) >= 11 is 16.9. The van der Waals surface area contributed by atoms with Crippen molar-refractivity contribution >= 4 is 46.4 Å². The molecule has 0 saturated carbocycles. The second kappa shape index (κ2) is 11.3. The number of carbonyl (C=O) groups excluding carboxylic acids is 1. The number of alkyl halides is 3. The third-order valence-electron chi connectivity index (χ3n) is 6.51. The number of nitrogens with one attached hydrogen (secondary N) is 1. The van der Waals surface area contributed by atoms with Crippen LogP contribution in [0.15, 0.2) is 48.5 Å². The monoisotopic (exact) mass is 542 g/mol. The Balaban J connectivity index is 1.54. The normalized spacial score (nSPS) is 27.7. The molecule has 0 radical (unpaired) electrons. The van der Waals surface area contributed by atoms with E-state index in [1.807, 2.05) is 24.3 Å². The lowest BCUT2D eigenvalue weighted by Crippen LogP contribution is -2.44. The molecule has 2 aromatic carbocycles. The highest BCUT2D eigenvalue weighted by molar-refractivity contribution is 6.76. The van der Waals surface area contributed by atoms with E-state index < -0.39 is 16.0 Å². The molecule has 35 heavy (non-hydrogen) atoms. The second-order valence-electron chi connectivity index (χ2n) is 9.10. The first-order chi connectivity index (χ1) is 16.6. The first-order valence-electron chi connectivity index (χ1n) is 11.5. The van der Waals surface area contributed by atoms with Gasteiger partial charge in [0.25, 0.3) is 9.70 Å². The summed E-state index contributed by atoms with van der Waals surface area (Å²) in [4.78, 5) is 14.2. The number of likely N-dealkylation sites (tertiary alicyclic amines) is 1. The molecule has 5 unspecified atom stereocenters. The summed E-state index contributed by atoms with van der Waals surface area (Å²) < 4.78 is 10.8. The topological polar surface area (TPSA) is 91.3 Å². The number of carbonyl (C=O) groups is 1. The Bertz CT molecular complexity index is 1000. The van der Waals surface area contributed by atoms with Crippen LogP contribution in [0.1, 0.15) is 42.4 Å². The number of nitrogens with zero attached hydrogens (tertiary/aromatic N) is 1. The molecule has 3 N–H and O–H groups in total. The number of aliphatic hydroxyl groups is 2. The van der Waals surface area contributed by atoms with Gasteiger partial charge in [-0.3, -0.25) is 9.69 Å². The molecule has 0 bridgehead atoms. The fourth-order valence-corrected chi connectivity index (χ4v) is 4.63. The van der Waals surface area contributed by atoms with E-state index in [2.05, 4.69) is 17.1 Å². The van der Waals surface area contributed by atoms with E-state index in [1.54, 1.807) is 24.3 Å². The number of hydrogen-bond donors (Lipinski definition) is 3. The molecular weight excluding hydrogens is 515 g/mol. The summed E-state index contributed by atoms with van der Waals surface area (Å²) in [6.07, 6.45) is -0.551. The van der Waals surface area contributed by atoms with Gasteiger partial charge in [0.05, 0.1) is 24.9 Å². The van der Waals surface area contributed by atoms with E-state index in [1.165, 1.54) is 0 Å². The maximum atomic E-state index is 11.9. The van der Waals surface area contributed by atoms with Crippen molar-refractivity contribution in [3.63, 3.8) is 0 Å². The number of hydrogen-bond acceptors (Lipinski definition) is 6. The van der Waals surface area contributed by atoms with Crippen LogP contribution in [0.25, 0.3) is 0 Å². The van der Waals surface area contributed by atoms with E-state index in [0.717, 1.165) is 29.7 Å². The Morgan fingerprint density at radius 1 is 1.09 bits per heavy atom. The molecule has 7 nitrogen and oxygen atoms in total. The number of rotatable bonds is 6. The van der Waals surface area contributed by atoms with Crippen LogP contribution >= 0.6 is 34.8 Å². The highest BCUT2D eigenvalue weighted by atomic mass is 35.6. The Kier molecular flexibility index (Phi) is 8.61. The van der Waals surface area contributed by atoms with Gasteiger partial charge in [-0.15, -0.1) is 0 Å². The van der Waals surface area contributed by atoms with Crippen LogP contribution < -0.4 is 5.32 Å². The van der Waals surface area contributed by atoms with Crippen molar-refractivity contribution in [2.75, 3.05) is 25.0 Å². The fourth-order valence-electron chi connectivity index (χ4n) is 4.49. The maximum Gasteiger partial charge on any atom is 0.276 e. The van der Waals surface area contributed by atoms with Gasteiger partial charge in [-0.05, 0) is 29.7 Å². The molecule has 2 saturated heterocycles. The number of benzene rings is 2. The smallest absolute Gasteiger partial charge is 0.276 e. The number of anilines is 1. The highest BCUT2D eigenvalue weighted by Crippen LogP contribution is 2.42. The summed E-state index contributed by atoms with van der Waals surface area (Å²) in [5.74, 6) is -0.694. The lowest BCUT2D eigenvalue weighted by atomic mass is 9.90. The van der Waals surface area contributed by atoms with Crippen LogP contribution in [0.3, 0.4) is 0 Å². The van der Waals surface area contributed by atoms with Crippen molar-refractivity contribution in [2.45, 2.75) is 48.3 Å². The molecule has 5 atom stereocenters. The summed E-state index contributed by atoms with van der Waals surface area (Å²) in [7, 11) is 0. The summed E-state index contributed by atoms with van der Waals surface area (Å²) in [5, 5.41) is 21.9. The summed E-state index contributed by atoms with van der Waals surface area (Å²) in [6, 6.07) is 14.7. The first kappa shape index (κ1) is 26.6. The average molecular weight is 544 g/mol. The van der Waals surface area contributed by atoms with Crippen molar-refractivity contribution in [3.05, 3.63) is 65.2 Å². The van der Waals surface area contributed by atoms with Crippen molar-refractivity contribution in [3.8, 4) is 0 Å². The molecule has 0 aliphatic carbocycles. The number of aliphatic hydroxyl groups excluding tert-OH is 2. The van der Waals surface area contributed by atoms with Crippen molar-refractivity contribution in [1.82, 2.24) is 4.90 Å². The van der Waals surface area contributed by atoms with Gasteiger partial charge in [0.15, 0.2) is 6.29 Å². The third-order valence-corrected chi connectivity index (χ3v) is 7.02. The van der Waals surface area contributed by atoms with Gasteiger partial charge in [0.2, 0.25) is 0 Å². The second-order valence-corrected chi connectivity index (χ2v) is 11.4. The standard InChI is InChI=1S/C25H29Cl3N2O5/c1-15-21(13-30-11-10-20(32)12-30)34-23(35-22(15)17-4-2-16(14-31)3-5-17)18-6-8-19(9-7-18)29-24(33)25(26,27)28/h2-9,15,20-23,31-32H,10-14H2,1H3,(H,29,33). The predicted molar refractivity (Wildman–Crippen MR) is 135 cm³/mol. The van der Waals surface area contributed by atoms with Gasteiger partial charge < -0.3 is 25.0 Å². The molecule has 2 fully saturated rings. The molecule has 2 aliphatic rings. The minimum absolute atomic E-state index is 0.0197. The Labute approximate surface area is 219 Å². The van der Waals surface area contributed by atoms with E-state index in [0.29, 0.717) is 18.8 Å². The Morgan fingerprint density at radius 3 is 2.31 bits per heavy atom. The van der Waals surface area contributed by atoms with Crippen LogP contribution in [0, 0.1) is 5.92 Å². The van der Waals surface area contributed by atoms with Crippen molar-refractivity contribution in [2.24, 2.45) is 5.92 Å². The lowest BCUT2D eigenvalue weighted by molar-refractivity contribution is -0.276. The quantitative estimate of drug-likeness (QED) is 0.470. The molecule has 0 spiro atoms. The van der Waals surface area contributed by atoms with Gasteiger partial charge in [0.1, 0.15) is 0 Å². The van der Waals surface area contributed by atoms with Crippen LogP contribution in [-0.4, -0.2) is 56.7 Å². The number of β-amino-alcohol motifs (C(OH)–C–C–N with tert-alkyl or cyclic N) is 1. The van der Waals surface area contributed by atoms with Crippen LogP contribution in [-0.2, 0) is 20.9 Å². The zero-order valence-corrected chi connectivity index (χ0v) is 21.5. The predicted octanol–water partition coefficient (Wildman–Crippen LogP) is 4.35. The molecule has 2 aliphatic heterocycles.